The zero-order chi connectivity index (χ0) is 12.7. The van der Waals surface area contributed by atoms with E-state index in [1.807, 2.05) is 30.3 Å². The highest BCUT2D eigenvalue weighted by atomic mass is 32.2. The molecule has 5 heteroatoms. The lowest BCUT2D eigenvalue weighted by atomic mass is 10.1. The van der Waals surface area contributed by atoms with Gasteiger partial charge in [0.2, 0.25) is 0 Å². The van der Waals surface area contributed by atoms with Gasteiger partial charge in [-0.1, -0.05) is 18.2 Å². The molecule has 3 N–H and O–H groups in total. The first-order valence-electron chi connectivity index (χ1n) is 5.39. The van der Waals surface area contributed by atoms with Crippen LogP contribution in [0.2, 0.25) is 0 Å². The molecule has 1 aromatic rings. The molecule has 0 fully saturated rings. The average molecular weight is 255 g/mol. The van der Waals surface area contributed by atoms with Crippen molar-refractivity contribution in [2.75, 3.05) is 12.8 Å². The van der Waals surface area contributed by atoms with Crippen molar-refractivity contribution in [1.82, 2.24) is 5.32 Å². The predicted octanol–water partition coefficient (Wildman–Crippen LogP) is 1.20. The summed E-state index contributed by atoms with van der Waals surface area (Å²) in [5, 5.41) is 21.2. The smallest absolute Gasteiger partial charge is 0.320 e. The van der Waals surface area contributed by atoms with Gasteiger partial charge in [0.05, 0.1) is 6.10 Å². The fraction of sp³-hybridized carbons (Fsp3) is 0.417. The maximum Gasteiger partial charge on any atom is 0.320 e. The molecule has 0 bridgehead atoms. The summed E-state index contributed by atoms with van der Waals surface area (Å²) in [6.07, 6.45) is -0.417. The molecule has 4 nitrogen and oxygen atoms in total. The molecule has 0 saturated carbocycles. The van der Waals surface area contributed by atoms with Crippen molar-refractivity contribution in [3.05, 3.63) is 30.3 Å². The van der Waals surface area contributed by atoms with Gasteiger partial charge in [0.15, 0.2) is 0 Å². The van der Waals surface area contributed by atoms with Crippen LogP contribution in [0.25, 0.3) is 0 Å². The Labute approximate surface area is 105 Å². The minimum atomic E-state index is -0.934. The summed E-state index contributed by atoms with van der Waals surface area (Å²) in [4.78, 5) is 11.8. The highest BCUT2D eigenvalue weighted by Crippen LogP contribution is 2.19. The number of carbonyl (C=O) groups is 1. The van der Waals surface area contributed by atoms with Gasteiger partial charge in [-0.25, -0.2) is 0 Å². The lowest BCUT2D eigenvalue weighted by Gasteiger charge is -2.15. The van der Waals surface area contributed by atoms with Crippen LogP contribution in [0.4, 0.5) is 0 Å². The summed E-state index contributed by atoms with van der Waals surface area (Å²) in [5.74, 6) is -0.439. The van der Waals surface area contributed by atoms with E-state index in [0.717, 1.165) is 4.90 Å². The van der Waals surface area contributed by atoms with E-state index in [1.54, 1.807) is 7.05 Å². The minimum Gasteiger partial charge on any atom is -0.480 e. The normalized spacial score (nSPS) is 14.2. The largest absolute Gasteiger partial charge is 0.480 e. The van der Waals surface area contributed by atoms with Crippen LogP contribution in [0.15, 0.2) is 35.2 Å². The summed E-state index contributed by atoms with van der Waals surface area (Å²) in [6, 6.07) is 9.03. The van der Waals surface area contributed by atoms with Gasteiger partial charge in [-0.3, -0.25) is 4.79 Å². The maximum absolute atomic E-state index is 10.8. The molecule has 0 aliphatic carbocycles. The Bertz CT molecular complexity index is 345. The Morgan fingerprint density at radius 3 is 2.59 bits per heavy atom. The van der Waals surface area contributed by atoms with Crippen LogP contribution in [-0.2, 0) is 4.79 Å². The molecule has 17 heavy (non-hydrogen) atoms. The molecule has 0 heterocycles. The summed E-state index contributed by atoms with van der Waals surface area (Å²) in [5.41, 5.74) is 0. The number of likely N-dealkylation sites (N-methyl/N-ethyl adjacent to an activating group) is 1. The van der Waals surface area contributed by atoms with Gasteiger partial charge < -0.3 is 15.5 Å². The van der Waals surface area contributed by atoms with Gasteiger partial charge in [0, 0.05) is 17.1 Å². The lowest BCUT2D eigenvalue weighted by molar-refractivity contribution is -0.140. The standard InChI is InChI=1S/C12H17NO3S/c1-13-11(12(15)16)7-9(14)8-17-10-5-3-2-4-6-10/h2-6,9,11,13-14H,7-8H2,1H3,(H,15,16)/t9?,11-/m1/s1. The Balaban J connectivity index is 2.34. The number of aliphatic hydroxyl groups is 1. The summed E-state index contributed by atoms with van der Waals surface area (Å²) < 4.78 is 0. The molecule has 1 unspecified atom stereocenters. The molecule has 0 saturated heterocycles. The number of nitrogens with one attached hydrogen (secondary N) is 1. The van der Waals surface area contributed by atoms with Crippen molar-refractivity contribution in [3.63, 3.8) is 0 Å². The van der Waals surface area contributed by atoms with E-state index < -0.39 is 18.1 Å². The fourth-order valence-electron chi connectivity index (χ4n) is 1.39. The Morgan fingerprint density at radius 1 is 1.41 bits per heavy atom. The first-order chi connectivity index (χ1) is 8.13. The number of carboxylic acid groups (broad SMARTS) is 1. The average Bonchev–Trinajstić information content (AvgIpc) is 2.34. The van der Waals surface area contributed by atoms with Crippen LogP contribution >= 0.6 is 11.8 Å². The van der Waals surface area contributed by atoms with Gasteiger partial charge in [-0.05, 0) is 19.2 Å². The quantitative estimate of drug-likeness (QED) is 0.639. The van der Waals surface area contributed by atoms with Crippen molar-refractivity contribution in [2.24, 2.45) is 0 Å². The molecule has 2 atom stereocenters. The molecule has 0 aromatic heterocycles. The van der Waals surface area contributed by atoms with Gasteiger partial charge in [0.1, 0.15) is 6.04 Å². The van der Waals surface area contributed by atoms with E-state index >= 15 is 0 Å². The first kappa shape index (κ1) is 14.0. The van der Waals surface area contributed by atoms with E-state index in [1.165, 1.54) is 11.8 Å². The minimum absolute atomic E-state index is 0.214. The molecule has 1 rings (SSSR count). The second-order valence-electron chi connectivity index (χ2n) is 3.69. The first-order valence-corrected chi connectivity index (χ1v) is 6.38. The number of thioether (sulfide) groups is 1. The van der Waals surface area contributed by atoms with Crippen molar-refractivity contribution in [2.45, 2.75) is 23.5 Å². The summed E-state index contributed by atoms with van der Waals surface area (Å²) in [6.45, 7) is 0. The zero-order valence-electron chi connectivity index (χ0n) is 9.67. The number of aliphatic carboxylic acids is 1. The molecule has 0 spiro atoms. The molecule has 1 aromatic carbocycles. The molecule has 0 aliphatic heterocycles. The van der Waals surface area contributed by atoms with Crippen LogP contribution < -0.4 is 5.32 Å². The number of benzene rings is 1. The predicted molar refractivity (Wildman–Crippen MR) is 68.3 cm³/mol. The molecule has 0 amide bonds. The summed E-state index contributed by atoms with van der Waals surface area (Å²) in [7, 11) is 1.58. The number of rotatable bonds is 7. The zero-order valence-corrected chi connectivity index (χ0v) is 10.5. The fourth-order valence-corrected chi connectivity index (χ4v) is 2.26. The number of hydrogen-bond donors (Lipinski definition) is 3. The monoisotopic (exact) mass is 255 g/mol. The van der Waals surface area contributed by atoms with Crippen molar-refractivity contribution >= 4 is 17.7 Å². The molecular formula is C12H17NO3S. The van der Waals surface area contributed by atoms with Crippen LogP contribution in [0.1, 0.15) is 6.42 Å². The van der Waals surface area contributed by atoms with E-state index in [4.69, 9.17) is 5.11 Å². The topological polar surface area (TPSA) is 69.6 Å². The van der Waals surface area contributed by atoms with E-state index in [-0.39, 0.29) is 6.42 Å². The highest BCUT2D eigenvalue weighted by molar-refractivity contribution is 7.99. The summed E-state index contributed by atoms with van der Waals surface area (Å²) >= 11 is 1.52. The number of aliphatic hydroxyl groups excluding tert-OH is 1. The van der Waals surface area contributed by atoms with Crippen molar-refractivity contribution in [3.8, 4) is 0 Å². The third-order valence-electron chi connectivity index (χ3n) is 2.34. The second-order valence-corrected chi connectivity index (χ2v) is 4.79. The van der Waals surface area contributed by atoms with Crippen molar-refractivity contribution in [1.29, 1.82) is 0 Å². The Kier molecular flexibility index (Phi) is 6.04. The van der Waals surface area contributed by atoms with E-state index in [0.29, 0.717) is 5.75 Å². The number of carboxylic acids is 1. The van der Waals surface area contributed by atoms with Crippen molar-refractivity contribution < 1.29 is 15.0 Å². The van der Waals surface area contributed by atoms with Crippen LogP contribution in [0.3, 0.4) is 0 Å². The van der Waals surface area contributed by atoms with Gasteiger partial charge in [0.25, 0.3) is 0 Å². The van der Waals surface area contributed by atoms with Crippen LogP contribution in [0, 0.1) is 0 Å². The van der Waals surface area contributed by atoms with Crippen LogP contribution in [-0.4, -0.2) is 41.1 Å². The Morgan fingerprint density at radius 2 is 2.06 bits per heavy atom. The van der Waals surface area contributed by atoms with Crippen LogP contribution in [0.5, 0.6) is 0 Å². The van der Waals surface area contributed by atoms with Gasteiger partial charge in [-0.15, -0.1) is 11.8 Å². The van der Waals surface area contributed by atoms with E-state index in [2.05, 4.69) is 5.32 Å². The maximum atomic E-state index is 10.8. The lowest BCUT2D eigenvalue weighted by Crippen LogP contribution is -2.37. The molecular weight excluding hydrogens is 238 g/mol. The molecule has 0 aliphatic rings. The van der Waals surface area contributed by atoms with Gasteiger partial charge in [-0.2, -0.15) is 0 Å². The third kappa shape index (κ3) is 5.21. The van der Waals surface area contributed by atoms with E-state index in [9.17, 15) is 9.90 Å². The Hall–Kier alpha value is -1.04. The third-order valence-corrected chi connectivity index (χ3v) is 3.50. The molecule has 94 valence electrons. The van der Waals surface area contributed by atoms with Gasteiger partial charge >= 0.3 is 5.97 Å². The second kappa shape index (κ2) is 7.32. The number of hydrogen-bond acceptors (Lipinski definition) is 4. The molecule has 0 radical (unpaired) electrons. The highest BCUT2D eigenvalue weighted by Gasteiger charge is 2.19. The SMILES string of the molecule is CN[C@H](CC(O)CSc1ccccc1)C(=O)O.